The third kappa shape index (κ3) is 8.46. The highest BCUT2D eigenvalue weighted by molar-refractivity contribution is 14.1. The van der Waals surface area contributed by atoms with Crippen LogP contribution in [0.1, 0.15) is 63.5 Å². The Bertz CT molecular complexity index is 2010. The Morgan fingerprint density at radius 2 is 1.40 bits per heavy atom. The van der Waals surface area contributed by atoms with Gasteiger partial charge in [-0.15, -0.1) is 11.6 Å². The van der Waals surface area contributed by atoms with Crippen LogP contribution in [0.25, 0.3) is 22.1 Å². The topological polar surface area (TPSA) is 175 Å². The number of ether oxygens (including phenoxy) is 1. The second-order valence-electron chi connectivity index (χ2n) is 13.5. The first-order valence-electron chi connectivity index (χ1n) is 17.3. The summed E-state index contributed by atoms with van der Waals surface area (Å²) in [6.07, 6.45) is 14.1. The van der Waals surface area contributed by atoms with Crippen molar-refractivity contribution in [2.75, 3.05) is 45.4 Å². The molecule has 0 aromatic carbocycles. The molecule has 5 heterocycles. The van der Waals surface area contributed by atoms with Gasteiger partial charge in [-0.1, -0.05) is 11.6 Å². The first-order chi connectivity index (χ1) is 25.4. The van der Waals surface area contributed by atoms with Gasteiger partial charge in [0.05, 0.1) is 24.4 Å². The zero-order valence-corrected chi connectivity index (χ0v) is 35.1. The van der Waals surface area contributed by atoms with Crippen molar-refractivity contribution in [1.82, 2.24) is 43.8 Å². The molecule has 0 radical (unpaired) electrons. The summed E-state index contributed by atoms with van der Waals surface area (Å²) in [5.74, 6) is -0.249. The van der Waals surface area contributed by atoms with Gasteiger partial charge in [-0.25, -0.2) is 19.9 Å². The van der Waals surface area contributed by atoms with E-state index in [1.807, 2.05) is 6.20 Å². The zero-order chi connectivity index (χ0) is 38.0. The van der Waals surface area contributed by atoms with Gasteiger partial charge in [0.25, 0.3) is 0 Å². The van der Waals surface area contributed by atoms with Crippen LogP contribution >= 0.6 is 68.4 Å². The molecule has 3 fully saturated rings. The van der Waals surface area contributed by atoms with Crippen LogP contribution in [-0.2, 0) is 23.9 Å². The average molecular weight is 993 g/mol. The normalized spacial score (nSPS) is 22.2. The molecule has 284 valence electrons. The van der Waals surface area contributed by atoms with Gasteiger partial charge in [0.15, 0.2) is 0 Å². The number of halogens is 4. The average Bonchev–Trinajstić information content (AvgIpc) is 3.69. The van der Waals surface area contributed by atoms with E-state index in [2.05, 4.69) is 80.4 Å². The van der Waals surface area contributed by atoms with Gasteiger partial charge in [0.1, 0.15) is 53.9 Å². The summed E-state index contributed by atoms with van der Waals surface area (Å²) in [6, 6.07) is 0.705. The number of fused-ring (bicyclic) bond motifs is 2. The van der Waals surface area contributed by atoms with Crippen molar-refractivity contribution in [1.29, 1.82) is 0 Å². The fourth-order valence-electron chi connectivity index (χ4n) is 7.69. The fraction of sp³-hybridized carbons (Fsp3) is 0.529. The van der Waals surface area contributed by atoms with Crippen molar-refractivity contribution in [3.8, 4) is 0 Å². The van der Waals surface area contributed by atoms with Crippen molar-refractivity contribution in [3.05, 3.63) is 37.3 Å². The van der Waals surface area contributed by atoms with Crippen LogP contribution in [0.15, 0.2) is 25.0 Å². The Morgan fingerprint density at radius 3 is 2.00 bits per heavy atom. The number of nitrogens with two attached hydrogens (primary N) is 1. The third-order valence-corrected chi connectivity index (χ3v) is 12.6. The van der Waals surface area contributed by atoms with Crippen molar-refractivity contribution < 1.29 is 23.9 Å². The second kappa shape index (κ2) is 17.2. The largest absolute Gasteiger partial charge is 0.468 e. The minimum atomic E-state index is -0.437. The summed E-state index contributed by atoms with van der Waals surface area (Å²) in [5.41, 5.74) is 7.71. The predicted molar refractivity (Wildman–Crippen MR) is 216 cm³/mol. The number of esters is 1. The van der Waals surface area contributed by atoms with Crippen molar-refractivity contribution >= 4 is 120 Å². The quantitative estimate of drug-likeness (QED) is 0.117. The van der Waals surface area contributed by atoms with Gasteiger partial charge >= 0.3 is 5.97 Å². The van der Waals surface area contributed by atoms with E-state index in [0.29, 0.717) is 17.0 Å². The number of anilines is 1. The molecule has 0 atom stereocenters. The molecule has 19 heteroatoms. The van der Waals surface area contributed by atoms with Crippen LogP contribution in [0, 0.1) is 7.14 Å². The van der Waals surface area contributed by atoms with Crippen LogP contribution in [0.4, 0.5) is 5.82 Å². The SMILES string of the molecule is CN1CC(=O)N(C2CCC(n3cc(I)c4c(N)ncnc43)CC2)CC1=O.COC(=O)CN(C(=O)CCl)C1CCC(n2cc(I)c3c(Cl)ncnc32)CC1. The molecule has 0 unspecified atom stereocenters. The Kier molecular flexibility index (Phi) is 12.9. The maximum absolute atomic E-state index is 12.3. The van der Waals surface area contributed by atoms with E-state index < -0.39 is 5.97 Å². The number of methoxy groups -OCH3 is 1. The summed E-state index contributed by atoms with van der Waals surface area (Å²) in [7, 11) is 3.00. The molecule has 2 saturated carbocycles. The first-order valence-corrected chi connectivity index (χ1v) is 20.4. The summed E-state index contributed by atoms with van der Waals surface area (Å²) < 4.78 is 11.1. The minimum Gasteiger partial charge on any atom is -0.468 e. The number of aromatic nitrogens is 6. The molecule has 0 bridgehead atoms. The molecular formula is C34H40Cl2I2N10O5. The molecule has 0 spiro atoms. The second-order valence-corrected chi connectivity index (χ2v) is 16.5. The number of piperazine rings is 1. The van der Waals surface area contributed by atoms with E-state index in [0.717, 1.165) is 80.6 Å². The lowest BCUT2D eigenvalue weighted by molar-refractivity contribution is -0.151. The maximum Gasteiger partial charge on any atom is 0.325 e. The Labute approximate surface area is 343 Å². The van der Waals surface area contributed by atoms with Crippen LogP contribution in [0.3, 0.4) is 0 Å². The summed E-state index contributed by atoms with van der Waals surface area (Å²) in [6.45, 7) is 0.332. The number of carbonyl (C=O) groups excluding carboxylic acids is 4. The smallest absolute Gasteiger partial charge is 0.325 e. The molecule has 15 nitrogen and oxygen atoms in total. The van der Waals surface area contributed by atoms with Crippen LogP contribution < -0.4 is 5.73 Å². The lowest BCUT2D eigenvalue weighted by atomic mass is 9.89. The molecule has 53 heavy (non-hydrogen) atoms. The number of nitrogen functional groups attached to an aromatic ring is 1. The van der Waals surface area contributed by atoms with Gasteiger partial charge in [-0.3, -0.25) is 19.2 Å². The monoisotopic (exact) mass is 992 g/mol. The molecule has 3 aliphatic rings. The third-order valence-electron chi connectivity index (χ3n) is 10.5. The van der Waals surface area contributed by atoms with E-state index in [1.54, 1.807) is 16.8 Å². The molecule has 4 aromatic heterocycles. The zero-order valence-electron chi connectivity index (χ0n) is 29.3. The lowest BCUT2D eigenvalue weighted by Crippen LogP contribution is -2.56. The highest BCUT2D eigenvalue weighted by atomic mass is 127. The molecule has 7 rings (SSSR count). The van der Waals surface area contributed by atoms with Gasteiger partial charge < -0.3 is 34.3 Å². The first kappa shape index (κ1) is 39.6. The van der Waals surface area contributed by atoms with E-state index in [1.165, 1.54) is 24.7 Å². The van der Waals surface area contributed by atoms with Gasteiger partial charge in [0.2, 0.25) is 17.7 Å². The van der Waals surface area contributed by atoms with Gasteiger partial charge in [-0.05, 0) is 96.5 Å². The number of alkyl halides is 1. The number of hydrogen-bond donors (Lipinski definition) is 1. The molecule has 4 aromatic rings. The molecule has 2 N–H and O–H groups in total. The van der Waals surface area contributed by atoms with Crippen molar-refractivity contribution in [3.63, 3.8) is 0 Å². The number of nitrogens with zero attached hydrogens (tertiary/aromatic N) is 9. The standard InChI is InChI=1S/C17H19Cl2IN4O3.C17H21IN6O2/c1-27-14(26)8-23(13(25)6-18)10-2-4-11(5-3-10)24-7-12(20)15-16(19)21-9-22-17(15)24;1-22-7-14(26)23(8-13(22)25)10-2-4-11(5-3-10)24-6-12(18)15-16(19)20-9-21-17(15)24/h7,9-11H,2-6,8H2,1H3;6,9-11H,2-5,7-8H2,1H3,(H2,19,20,21). The highest BCUT2D eigenvalue weighted by Crippen LogP contribution is 2.38. The molecular weight excluding hydrogens is 953 g/mol. The van der Waals surface area contributed by atoms with Gasteiger partial charge in [-0.2, -0.15) is 0 Å². The van der Waals surface area contributed by atoms with Crippen molar-refractivity contribution in [2.45, 2.75) is 75.5 Å². The van der Waals surface area contributed by atoms with Gasteiger partial charge in [0, 0.05) is 50.7 Å². The van der Waals surface area contributed by atoms with Crippen LogP contribution in [0.5, 0.6) is 0 Å². The molecule has 2 aliphatic carbocycles. The number of amides is 3. The van der Waals surface area contributed by atoms with E-state index in [9.17, 15) is 19.2 Å². The summed E-state index contributed by atoms with van der Waals surface area (Å²) in [5, 5.41) is 2.23. The Hall–Kier alpha value is -3.04. The van der Waals surface area contributed by atoms with Crippen LogP contribution in [0.2, 0.25) is 5.15 Å². The van der Waals surface area contributed by atoms with E-state index in [-0.39, 0.29) is 61.4 Å². The fourth-order valence-corrected chi connectivity index (χ4v) is 9.85. The number of rotatable bonds is 7. The van der Waals surface area contributed by atoms with Crippen LogP contribution in [-0.4, -0.2) is 119 Å². The minimum absolute atomic E-state index is 0.0184. The highest BCUT2D eigenvalue weighted by Gasteiger charge is 2.36. The molecule has 1 aliphatic heterocycles. The summed E-state index contributed by atoms with van der Waals surface area (Å²) in [4.78, 5) is 69.9. The Morgan fingerprint density at radius 1 is 0.849 bits per heavy atom. The number of likely N-dealkylation sites (N-methyl/N-ethyl adjacent to an activating group) is 1. The molecule has 3 amide bonds. The number of hydrogen-bond acceptors (Lipinski definition) is 10. The lowest BCUT2D eigenvalue weighted by Gasteiger charge is -2.40. The van der Waals surface area contributed by atoms with E-state index >= 15 is 0 Å². The Balaban J connectivity index is 0.000000181. The van der Waals surface area contributed by atoms with E-state index in [4.69, 9.17) is 33.7 Å². The molecule has 1 saturated heterocycles. The van der Waals surface area contributed by atoms with Crippen molar-refractivity contribution in [2.24, 2.45) is 0 Å². The summed E-state index contributed by atoms with van der Waals surface area (Å²) >= 11 is 16.5. The maximum atomic E-state index is 12.3. The number of carbonyl (C=O) groups is 4. The predicted octanol–water partition coefficient (Wildman–Crippen LogP) is 4.82.